The van der Waals surface area contributed by atoms with Crippen molar-refractivity contribution in [3.8, 4) is 5.75 Å². The minimum atomic E-state index is 0.446. The Balaban J connectivity index is 3.24. The van der Waals surface area contributed by atoms with E-state index in [1.165, 1.54) is 0 Å². The van der Waals surface area contributed by atoms with Gasteiger partial charge in [0, 0.05) is 6.54 Å². The van der Waals surface area contributed by atoms with Gasteiger partial charge in [-0.2, -0.15) is 0 Å². The molecule has 0 amide bonds. The third-order valence-electron chi connectivity index (χ3n) is 1.87. The minimum absolute atomic E-state index is 0.446. The summed E-state index contributed by atoms with van der Waals surface area (Å²) in [6.45, 7) is 2.43. The fourth-order valence-electron chi connectivity index (χ4n) is 1.10. The molecule has 1 rings (SSSR count). The standard InChI is InChI=1S/C9H12ClNO/c1-6-3-4-8(12-2)9(10)7(6)5-11/h3-4H,5,11H2,1-2H3. The molecule has 66 valence electrons. The zero-order chi connectivity index (χ0) is 9.14. The normalized spacial score (nSPS) is 10.0. The third-order valence-corrected chi connectivity index (χ3v) is 2.28. The van der Waals surface area contributed by atoms with E-state index in [-0.39, 0.29) is 0 Å². The van der Waals surface area contributed by atoms with Crippen LogP contribution in [0.5, 0.6) is 5.75 Å². The summed E-state index contributed by atoms with van der Waals surface area (Å²) in [5.41, 5.74) is 7.59. The Hall–Kier alpha value is -0.730. The molecule has 0 radical (unpaired) electrons. The van der Waals surface area contributed by atoms with E-state index >= 15 is 0 Å². The first-order valence-electron chi connectivity index (χ1n) is 3.72. The second kappa shape index (κ2) is 3.78. The number of methoxy groups -OCH3 is 1. The van der Waals surface area contributed by atoms with Gasteiger partial charge >= 0.3 is 0 Å². The highest BCUT2D eigenvalue weighted by Crippen LogP contribution is 2.29. The number of ether oxygens (including phenoxy) is 1. The van der Waals surface area contributed by atoms with Crippen LogP contribution in [0.1, 0.15) is 11.1 Å². The summed E-state index contributed by atoms with van der Waals surface area (Å²) < 4.78 is 5.05. The lowest BCUT2D eigenvalue weighted by atomic mass is 10.1. The number of halogens is 1. The second-order valence-electron chi connectivity index (χ2n) is 2.58. The van der Waals surface area contributed by atoms with Gasteiger partial charge in [0.25, 0.3) is 0 Å². The second-order valence-corrected chi connectivity index (χ2v) is 2.96. The van der Waals surface area contributed by atoms with E-state index in [2.05, 4.69) is 0 Å². The average molecular weight is 186 g/mol. The van der Waals surface area contributed by atoms with Gasteiger partial charge in [-0.3, -0.25) is 0 Å². The number of hydrogen-bond donors (Lipinski definition) is 1. The summed E-state index contributed by atoms with van der Waals surface area (Å²) in [4.78, 5) is 0. The predicted octanol–water partition coefficient (Wildman–Crippen LogP) is 2.12. The average Bonchev–Trinajstić information content (AvgIpc) is 2.06. The Morgan fingerprint density at radius 3 is 2.67 bits per heavy atom. The quantitative estimate of drug-likeness (QED) is 0.766. The van der Waals surface area contributed by atoms with Crippen molar-refractivity contribution in [2.24, 2.45) is 5.73 Å². The summed E-state index contributed by atoms with van der Waals surface area (Å²) in [7, 11) is 1.59. The highest BCUT2D eigenvalue weighted by atomic mass is 35.5. The molecule has 0 fully saturated rings. The number of aryl methyl sites for hydroxylation is 1. The maximum atomic E-state index is 6.01. The Bertz CT molecular complexity index is 286. The van der Waals surface area contributed by atoms with Gasteiger partial charge in [-0.05, 0) is 24.1 Å². The Kier molecular flexibility index (Phi) is 2.95. The molecule has 2 nitrogen and oxygen atoms in total. The van der Waals surface area contributed by atoms with Crippen LogP contribution >= 0.6 is 11.6 Å². The Labute approximate surface area is 77.3 Å². The molecule has 0 unspecified atom stereocenters. The van der Waals surface area contributed by atoms with E-state index in [1.54, 1.807) is 7.11 Å². The van der Waals surface area contributed by atoms with Gasteiger partial charge in [0.05, 0.1) is 12.1 Å². The molecule has 0 aliphatic rings. The fraction of sp³-hybridized carbons (Fsp3) is 0.333. The molecule has 12 heavy (non-hydrogen) atoms. The summed E-state index contributed by atoms with van der Waals surface area (Å²) in [6.07, 6.45) is 0. The molecule has 1 aromatic carbocycles. The van der Waals surface area contributed by atoms with Crippen LogP contribution in [0.25, 0.3) is 0 Å². The highest BCUT2D eigenvalue weighted by molar-refractivity contribution is 6.32. The zero-order valence-corrected chi connectivity index (χ0v) is 7.98. The van der Waals surface area contributed by atoms with Gasteiger partial charge in [-0.1, -0.05) is 17.7 Å². The topological polar surface area (TPSA) is 35.2 Å². The van der Waals surface area contributed by atoms with Gasteiger partial charge in [0.2, 0.25) is 0 Å². The van der Waals surface area contributed by atoms with Crippen molar-refractivity contribution in [1.29, 1.82) is 0 Å². The number of benzene rings is 1. The lowest BCUT2D eigenvalue weighted by Crippen LogP contribution is -2.01. The van der Waals surface area contributed by atoms with Gasteiger partial charge < -0.3 is 10.5 Å². The largest absolute Gasteiger partial charge is 0.495 e. The van der Waals surface area contributed by atoms with Crippen molar-refractivity contribution < 1.29 is 4.74 Å². The molecule has 0 bridgehead atoms. The molecule has 0 saturated carbocycles. The lowest BCUT2D eigenvalue weighted by Gasteiger charge is -2.09. The first-order valence-corrected chi connectivity index (χ1v) is 4.10. The molecule has 0 atom stereocenters. The molecule has 0 aliphatic carbocycles. The van der Waals surface area contributed by atoms with E-state index in [9.17, 15) is 0 Å². The Morgan fingerprint density at radius 1 is 1.50 bits per heavy atom. The van der Waals surface area contributed by atoms with Crippen LogP contribution < -0.4 is 10.5 Å². The first-order chi connectivity index (χ1) is 5.70. The van der Waals surface area contributed by atoms with Gasteiger partial charge in [-0.25, -0.2) is 0 Å². The molecular weight excluding hydrogens is 174 g/mol. The van der Waals surface area contributed by atoms with Gasteiger partial charge in [0.1, 0.15) is 5.75 Å². The summed E-state index contributed by atoms with van der Waals surface area (Å²) in [6, 6.07) is 3.80. The van der Waals surface area contributed by atoms with E-state index in [4.69, 9.17) is 22.1 Å². The van der Waals surface area contributed by atoms with Crippen LogP contribution in [0.3, 0.4) is 0 Å². The number of rotatable bonds is 2. The summed E-state index contributed by atoms with van der Waals surface area (Å²) in [5, 5.41) is 0.625. The van der Waals surface area contributed by atoms with Crippen LogP contribution in [0.4, 0.5) is 0 Å². The SMILES string of the molecule is COc1ccc(C)c(CN)c1Cl. The molecule has 1 aromatic rings. The number of nitrogens with two attached hydrogens (primary N) is 1. The van der Waals surface area contributed by atoms with Crippen molar-refractivity contribution in [2.75, 3.05) is 7.11 Å². The first kappa shape index (κ1) is 9.36. The van der Waals surface area contributed by atoms with Crippen LogP contribution in [0.2, 0.25) is 5.02 Å². The van der Waals surface area contributed by atoms with Gasteiger partial charge in [-0.15, -0.1) is 0 Å². The van der Waals surface area contributed by atoms with Crippen LogP contribution in [-0.4, -0.2) is 7.11 Å². The molecule has 2 N–H and O–H groups in total. The monoisotopic (exact) mass is 185 g/mol. The van der Waals surface area contributed by atoms with Crippen molar-refractivity contribution in [2.45, 2.75) is 13.5 Å². The van der Waals surface area contributed by atoms with Crippen molar-refractivity contribution >= 4 is 11.6 Å². The van der Waals surface area contributed by atoms with Crippen molar-refractivity contribution in [1.82, 2.24) is 0 Å². The van der Waals surface area contributed by atoms with Crippen LogP contribution in [-0.2, 0) is 6.54 Å². The maximum Gasteiger partial charge on any atom is 0.137 e. The van der Waals surface area contributed by atoms with E-state index in [0.717, 1.165) is 11.1 Å². The van der Waals surface area contributed by atoms with E-state index in [0.29, 0.717) is 17.3 Å². The molecule has 0 aliphatic heterocycles. The van der Waals surface area contributed by atoms with Crippen LogP contribution in [0.15, 0.2) is 12.1 Å². The van der Waals surface area contributed by atoms with E-state index < -0.39 is 0 Å². The molecule has 0 saturated heterocycles. The summed E-state index contributed by atoms with van der Waals surface area (Å²) >= 11 is 6.01. The van der Waals surface area contributed by atoms with Crippen LogP contribution in [0, 0.1) is 6.92 Å². The lowest BCUT2D eigenvalue weighted by molar-refractivity contribution is 0.414. The molecule has 0 heterocycles. The Morgan fingerprint density at radius 2 is 2.17 bits per heavy atom. The fourth-order valence-corrected chi connectivity index (χ4v) is 1.47. The molecule has 0 aromatic heterocycles. The predicted molar refractivity (Wildman–Crippen MR) is 50.6 cm³/mol. The zero-order valence-electron chi connectivity index (χ0n) is 7.23. The highest BCUT2D eigenvalue weighted by Gasteiger charge is 2.07. The molecular formula is C9H12ClNO. The van der Waals surface area contributed by atoms with Gasteiger partial charge in [0.15, 0.2) is 0 Å². The smallest absolute Gasteiger partial charge is 0.137 e. The molecule has 0 spiro atoms. The minimum Gasteiger partial charge on any atom is -0.495 e. The third kappa shape index (κ3) is 1.54. The maximum absolute atomic E-state index is 6.01. The number of hydrogen-bond acceptors (Lipinski definition) is 2. The van der Waals surface area contributed by atoms with Crippen molar-refractivity contribution in [3.63, 3.8) is 0 Å². The van der Waals surface area contributed by atoms with Crippen molar-refractivity contribution in [3.05, 3.63) is 28.3 Å². The van der Waals surface area contributed by atoms with E-state index in [1.807, 2.05) is 19.1 Å². The molecule has 3 heteroatoms. The summed E-state index contributed by atoms with van der Waals surface area (Å²) in [5.74, 6) is 0.683.